The zero-order valence-electron chi connectivity index (χ0n) is 12.9. The predicted molar refractivity (Wildman–Crippen MR) is 88.8 cm³/mol. The molecule has 0 saturated carbocycles. The summed E-state index contributed by atoms with van der Waals surface area (Å²) in [5.41, 5.74) is 0. The average molecular weight is 320 g/mol. The molecule has 0 unspecified atom stereocenters. The summed E-state index contributed by atoms with van der Waals surface area (Å²) in [6, 6.07) is 3.95. The lowest BCUT2D eigenvalue weighted by Crippen LogP contribution is -2.51. The van der Waals surface area contributed by atoms with Crippen LogP contribution >= 0.6 is 11.3 Å². The summed E-state index contributed by atoms with van der Waals surface area (Å²) in [7, 11) is 0. The third kappa shape index (κ3) is 3.77. The van der Waals surface area contributed by atoms with Gasteiger partial charge in [0.05, 0.1) is 0 Å². The molecular formula is C17H24N2O2S. The van der Waals surface area contributed by atoms with Crippen LogP contribution in [-0.4, -0.2) is 53.5 Å². The molecule has 1 N–H and O–H groups in total. The van der Waals surface area contributed by atoms with Crippen molar-refractivity contribution in [2.45, 2.75) is 25.4 Å². The Morgan fingerprint density at radius 3 is 2.77 bits per heavy atom. The topological polar surface area (TPSA) is 43.8 Å². The molecule has 0 bridgehead atoms. The highest BCUT2D eigenvalue weighted by molar-refractivity contribution is 7.10. The standard InChI is InChI=1S/C17H24N2O2S/c20-15(16-7-4-12-22-16)13-18-8-10-19(11-9-18)17(21)14-5-2-1-3-6-14/h1-2,4,7,12,14-15,20H,3,5-6,8-11,13H2/t14-,15+/m0/s1. The molecule has 1 aromatic rings. The maximum Gasteiger partial charge on any atom is 0.226 e. The second-order valence-corrected chi connectivity index (χ2v) is 7.12. The number of piperazine rings is 1. The first-order valence-corrected chi connectivity index (χ1v) is 8.99. The summed E-state index contributed by atoms with van der Waals surface area (Å²) in [6.45, 7) is 3.95. The zero-order valence-corrected chi connectivity index (χ0v) is 13.7. The van der Waals surface area contributed by atoms with Crippen LogP contribution in [0, 0.1) is 5.92 Å². The molecule has 2 aliphatic rings. The fourth-order valence-electron chi connectivity index (χ4n) is 3.24. The minimum Gasteiger partial charge on any atom is -0.386 e. The molecule has 0 radical (unpaired) electrons. The number of hydrogen-bond acceptors (Lipinski definition) is 4. The van der Waals surface area contributed by atoms with Crippen LogP contribution in [0.15, 0.2) is 29.7 Å². The van der Waals surface area contributed by atoms with Crippen molar-refractivity contribution < 1.29 is 9.90 Å². The Bertz CT molecular complexity index is 507. The second-order valence-electron chi connectivity index (χ2n) is 6.14. The Balaban J connectivity index is 1.46. The summed E-state index contributed by atoms with van der Waals surface area (Å²) in [5.74, 6) is 0.510. The molecule has 0 spiro atoms. The number of thiophene rings is 1. The van der Waals surface area contributed by atoms with Crippen molar-refractivity contribution in [3.8, 4) is 0 Å². The van der Waals surface area contributed by atoms with Crippen LogP contribution < -0.4 is 0 Å². The number of aliphatic hydroxyl groups is 1. The molecule has 5 heteroatoms. The Morgan fingerprint density at radius 2 is 2.14 bits per heavy atom. The molecule has 22 heavy (non-hydrogen) atoms. The second kappa shape index (κ2) is 7.40. The van der Waals surface area contributed by atoms with E-state index in [1.54, 1.807) is 11.3 Å². The summed E-state index contributed by atoms with van der Waals surface area (Å²) in [4.78, 5) is 17.8. The van der Waals surface area contributed by atoms with Crippen molar-refractivity contribution in [3.05, 3.63) is 34.5 Å². The van der Waals surface area contributed by atoms with Gasteiger partial charge in [-0.15, -0.1) is 11.3 Å². The maximum atomic E-state index is 12.5. The molecular weight excluding hydrogens is 296 g/mol. The van der Waals surface area contributed by atoms with Crippen molar-refractivity contribution >= 4 is 17.2 Å². The molecule has 2 atom stereocenters. The van der Waals surface area contributed by atoms with Crippen molar-refractivity contribution in [2.24, 2.45) is 5.92 Å². The fraction of sp³-hybridized carbons (Fsp3) is 0.588. The van der Waals surface area contributed by atoms with E-state index in [-0.39, 0.29) is 5.92 Å². The number of allylic oxidation sites excluding steroid dienone is 2. The molecule has 4 nitrogen and oxygen atoms in total. The van der Waals surface area contributed by atoms with E-state index in [2.05, 4.69) is 17.1 Å². The summed E-state index contributed by atoms with van der Waals surface area (Å²) >= 11 is 1.60. The van der Waals surface area contributed by atoms with E-state index in [0.717, 1.165) is 50.3 Å². The predicted octanol–water partition coefficient (Wildman–Crippen LogP) is 2.28. The van der Waals surface area contributed by atoms with Gasteiger partial charge in [0.1, 0.15) is 6.10 Å². The Hall–Kier alpha value is -1.17. The number of amides is 1. The lowest BCUT2D eigenvalue weighted by Gasteiger charge is -2.37. The van der Waals surface area contributed by atoms with Crippen LogP contribution in [0.2, 0.25) is 0 Å². The highest BCUT2D eigenvalue weighted by Crippen LogP contribution is 2.23. The average Bonchev–Trinajstić information content (AvgIpc) is 3.10. The van der Waals surface area contributed by atoms with Crippen LogP contribution in [0.4, 0.5) is 0 Å². The molecule has 1 saturated heterocycles. The molecule has 1 fully saturated rings. The largest absolute Gasteiger partial charge is 0.386 e. The first kappa shape index (κ1) is 15.7. The molecule has 0 aromatic carbocycles. The number of β-amino-alcohol motifs (C(OH)–C–C–N with tert-alkyl or cyclic N) is 1. The van der Waals surface area contributed by atoms with Crippen molar-refractivity contribution in [1.29, 1.82) is 0 Å². The van der Waals surface area contributed by atoms with Gasteiger partial charge in [-0.1, -0.05) is 18.2 Å². The quantitative estimate of drug-likeness (QED) is 0.866. The third-order valence-electron chi connectivity index (χ3n) is 4.61. The van der Waals surface area contributed by atoms with Crippen LogP contribution in [0.3, 0.4) is 0 Å². The van der Waals surface area contributed by atoms with Crippen molar-refractivity contribution in [3.63, 3.8) is 0 Å². The Morgan fingerprint density at radius 1 is 1.32 bits per heavy atom. The number of aliphatic hydroxyl groups excluding tert-OH is 1. The van der Waals surface area contributed by atoms with Crippen LogP contribution in [0.25, 0.3) is 0 Å². The van der Waals surface area contributed by atoms with Gasteiger partial charge in [-0.05, 0) is 30.7 Å². The van der Waals surface area contributed by atoms with E-state index in [9.17, 15) is 9.90 Å². The number of nitrogens with zero attached hydrogens (tertiary/aromatic N) is 2. The molecule has 1 aliphatic carbocycles. The summed E-state index contributed by atoms with van der Waals surface area (Å²) in [6.07, 6.45) is 6.82. The monoisotopic (exact) mass is 320 g/mol. The van der Waals surface area contributed by atoms with Gasteiger partial charge in [0, 0.05) is 43.5 Å². The van der Waals surface area contributed by atoms with Gasteiger partial charge in [0.2, 0.25) is 5.91 Å². The first-order valence-electron chi connectivity index (χ1n) is 8.11. The minimum atomic E-state index is -0.411. The summed E-state index contributed by atoms with van der Waals surface area (Å²) in [5, 5.41) is 12.2. The van der Waals surface area contributed by atoms with Gasteiger partial charge < -0.3 is 10.0 Å². The minimum absolute atomic E-state index is 0.188. The molecule has 1 amide bonds. The number of carbonyl (C=O) groups is 1. The first-order chi connectivity index (χ1) is 10.7. The lowest BCUT2D eigenvalue weighted by atomic mass is 9.93. The highest BCUT2D eigenvalue weighted by Gasteiger charge is 2.28. The van der Waals surface area contributed by atoms with Gasteiger partial charge in [-0.2, -0.15) is 0 Å². The van der Waals surface area contributed by atoms with E-state index >= 15 is 0 Å². The normalized spacial score (nSPS) is 24.4. The molecule has 3 rings (SSSR count). The number of hydrogen-bond donors (Lipinski definition) is 1. The van der Waals surface area contributed by atoms with Gasteiger partial charge >= 0.3 is 0 Å². The van der Waals surface area contributed by atoms with E-state index < -0.39 is 6.10 Å². The van der Waals surface area contributed by atoms with Crippen LogP contribution in [0.5, 0.6) is 0 Å². The van der Waals surface area contributed by atoms with Crippen LogP contribution in [-0.2, 0) is 4.79 Å². The molecule has 1 aromatic heterocycles. The van der Waals surface area contributed by atoms with Crippen LogP contribution in [0.1, 0.15) is 30.2 Å². The van der Waals surface area contributed by atoms with Gasteiger partial charge in [-0.25, -0.2) is 0 Å². The lowest BCUT2D eigenvalue weighted by molar-refractivity contribution is -0.137. The summed E-state index contributed by atoms with van der Waals surface area (Å²) < 4.78 is 0. The van der Waals surface area contributed by atoms with Crippen molar-refractivity contribution in [2.75, 3.05) is 32.7 Å². The SMILES string of the molecule is O=C([C@H]1CC=CCC1)N1CCN(C[C@@H](O)c2cccs2)CC1. The maximum absolute atomic E-state index is 12.5. The number of carbonyl (C=O) groups excluding carboxylic acids is 1. The van der Waals surface area contributed by atoms with E-state index in [4.69, 9.17) is 0 Å². The Labute approximate surface area is 136 Å². The van der Waals surface area contributed by atoms with E-state index in [1.165, 1.54) is 0 Å². The van der Waals surface area contributed by atoms with Gasteiger partial charge in [0.25, 0.3) is 0 Å². The fourth-order valence-corrected chi connectivity index (χ4v) is 3.95. The Kier molecular flexibility index (Phi) is 5.28. The highest BCUT2D eigenvalue weighted by atomic mass is 32.1. The zero-order chi connectivity index (χ0) is 15.4. The van der Waals surface area contributed by atoms with Gasteiger partial charge in [0.15, 0.2) is 0 Å². The van der Waals surface area contributed by atoms with Gasteiger partial charge in [-0.3, -0.25) is 9.69 Å². The molecule has 120 valence electrons. The van der Waals surface area contributed by atoms with Crippen molar-refractivity contribution in [1.82, 2.24) is 9.80 Å². The molecule has 2 heterocycles. The molecule has 1 aliphatic heterocycles. The number of rotatable bonds is 4. The smallest absolute Gasteiger partial charge is 0.226 e. The van der Waals surface area contributed by atoms with E-state index in [0.29, 0.717) is 12.5 Å². The third-order valence-corrected chi connectivity index (χ3v) is 5.58. The van der Waals surface area contributed by atoms with E-state index in [1.807, 2.05) is 22.4 Å².